The van der Waals surface area contributed by atoms with Crippen LogP contribution in [-0.2, 0) is 23.1 Å². The fourth-order valence-corrected chi connectivity index (χ4v) is 8.61. The van der Waals surface area contributed by atoms with Crippen LogP contribution in [0.5, 0.6) is 0 Å². The van der Waals surface area contributed by atoms with Gasteiger partial charge in [-0.05, 0) is 66.8 Å². The van der Waals surface area contributed by atoms with Crippen molar-refractivity contribution in [2.24, 2.45) is 11.8 Å². The van der Waals surface area contributed by atoms with Gasteiger partial charge >= 0.3 is 6.18 Å². The first-order valence-corrected chi connectivity index (χ1v) is 13.7. The van der Waals surface area contributed by atoms with Crippen molar-refractivity contribution in [2.45, 2.75) is 37.4 Å². The van der Waals surface area contributed by atoms with E-state index in [1.54, 1.807) is 17.5 Å². The Morgan fingerprint density at radius 3 is 2.57 bits per heavy atom. The number of fused-ring (bicyclic) bond motifs is 1. The molecule has 3 atom stereocenters. The molecule has 2 bridgehead atoms. The number of hydrogen-bond donors (Lipinski definition) is 1. The number of benzene rings is 1. The molecule has 2 aromatic heterocycles. The molecule has 0 radical (unpaired) electrons. The molecule has 35 heavy (non-hydrogen) atoms. The van der Waals surface area contributed by atoms with Crippen LogP contribution >= 0.6 is 11.3 Å². The van der Waals surface area contributed by atoms with Gasteiger partial charge in [-0.1, -0.05) is 18.2 Å². The summed E-state index contributed by atoms with van der Waals surface area (Å²) in [6, 6.07) is 11.9. The zero-order valence-corrected chi connectivity index (χ0v) is 20.3. The number of hydrogen-bond acceptors (Lipinski definition) is 5. The van der Waals surface area contributed by atoms with Crippen molar-refractivity contribution in [3.8, 4) is 21.1 Å². The summed E-state index contributed by atoms with van der Waals surface area (Å²) in [7, 11) is -4.18. The molecule has 184 valence electrons. The molecular formula is C24H23F3N4O2S2. The number of nitrogens with one attached hydrogen (secondary N) is 1. The lowest BCUT2D eigenvalue weighted by Crippen LogP contribution is -2.52. The Morgan fingerprint density at radius 1 is 1.09 bits per heavy atom. The number of alkyl halides is 3. The summed E-state index contributed by atoms with van der Waals surface area (Å²) in [5, 5.41) is 0.871. The maximum Gasteiger partial charge on any atom is 0.402 e. The number of halogens is 3. The van der Waals surface area contributed by atoms with E-state index in [0.29, 0.717) is 17.1 Å². The predicted molar refractivity (Wildman–Crippen MR) is 127 cm³/mol. The Morgan fingerprint density at radius 2 is 1.86 bits per heavy atom. The zero-order chi connectivity index (χ0) is 24.4. The molecule has 1 N–H and O–H groups in total. The molecule has 11 heteroatoms. The quantitative estimate of drug-likeness (QED) is 0.554. The highest BCUT2D eigenvalue weighted by Gasteiger charge is 2.60. The first kappa shape index (κ1) is 23.1. The molecule has 6 rings (SSSR count). The van der Waals surface area contributed by atoms with Gasteiger partial charge in [0.05, 0.1) is 16.1 Å². The van der Waals surface area contributed by atoms with Gasteiger partial charge in [0.1, 0.15) is 11.6 Å². The summed E-state index contributed by atoms with van der Waals surface area (Å²) < 4.78 is 67.9. The van der Waals surface area contributed by atoms with Crippen LogP contribution in [0.1, 0.15) is 24.0 Å². The van der Waals surface area contributed by atoms with Gasteiger partial charge in [-0.3, -0.25) is 4.98 Å². The van der Waals surface area contributed by atoms with Gasteiger partial charge in [0.25, 0.3) is 10.2 Å². The summed E-state index contributed by atoms with van der Waals surface area (Å²) >= 11 is 1.56. The van der Waals surface area contributed by atoms with Gasteiger partial charge in [-0.15, -0.1) is 11.3 Å². The molecule has 3 heterocycles. The van der Waals surface area contributed by atoms with Crippen LogP contribution in [-0.4, -0.2) is 47.5 Å². The van der Waals surface area contributed by atoms with E-state index in [2.05, 4.69) is 26.8 Å². The lowest BCUT2D eigenvalue weighted by atomic mass is 9.79. The second-order valence-electron chi connectivity index (χ2n) is 9.64. The van der Waals surface area contributed by atoms with Gasteiger partial charge in [0.2, 0.25) is 0 Å². The van der Waals surface area contributed by atoms with Gasteiger partial charge in [-0.2, -0.15) is 30.6 Å². The molecule has 1 spiro atoms. The molecule has 1 aliphatic heterocycles. The van der Waals surface area contributed by atoms with Gasteiger partial charge in [0.15, 0.2) is 0 Å². The molecule has 3 aromatic rings. The van der Waals surface area contributed by atoms with Crippen LogP contribution in [0.15, 0.2) is 48.8 Å². The van der Waals surface area contributed by atoms with E-state index in [0.717, 1.165) is 45.1 Å². The maximum atomic E-state index is 13.1. The van der Waals surface area contributed by atoms with Crippen molar-refractivity contribution < 1.29 is 21.6 Å². The van der Waals surface area contributed by atoms with Gasteiger partial charge in [-0.25, -0.2) is 4.98 Å². The number of nitrogens with zero attached hydrogens (tertiary/aromatic N) is 3. The normalized spacial score (nSPS) is 27.7. The highest BCUT2D eigenvalue weighted by molar-refractivity contribution is 7.87. The molecule has 6 nitrogen and oxygen atoms in total. The average molecular weight is 521 g/mol. The third-order valence-electron chi connectivity index (χ3n) is 7.58. The zero-order valence-electron chi connectivity index (χ0n) is 18.6. The minimum absolute atomic E-state index is 0.0387. The second-order valence-corrected chi connectivity index (χ2v) is 12.3. The fourth-order valence-electron chi connectivity index (χ4n) is 6.01. The third kappa shape index (κ3) is 4.08. The lowest BCUT2D eigenvalue weighted by molar-refractivity contribution is -0.136. The van der Waals surface area contributed by atoms with Crippen LogP contribution in [0, 0.1) is 11.8 Å². The minimum atomic E-state index is -4.58. The van der Waals surface area contributed by atoms with Crippen LogP contribution in [0.3, 0.4) is 0 Å². The minimum Gasteiger partial charge on any atom is -0.255 e. The lowest BCUT2D eigenvalue weighted by Gasteiger charge is -2.33. The van der Waals surface area contributed by atoms with Crippen LogP contribution < -0.4 is 4.72 Å². The number of rotatable bonds is 3. The molecule has 0 unspecified atom stereocenters. The summed E-state index contributed by atoms with van der Waals surface area (Å²) in [6.07, 6.45) is 1.84. The largest absolute Gasteiger partial charge is 0.402 e. The number of pyridine rings is 1. The van der Waals surface area contributed by atoms with Crippen molar-refractivity contribution in [1.82, 2.24) is 19.0 Å². The SMILES string of the molecule is O=S1(=O)N[C@@]2(CN1CC(F)(F)F)[C@@H]1CC[C@H]2Cc2ccc(-c3ncc(-c4ccccn4)s3)cc2C1. The molecule has 3 aliphatic rings. The van der Waals surface area contributed by atoms with Crippen molar-refractivity contribution in [2.75, 3.05) is 13.1 Å². The standard InChI is InChI=1S/C24H23F3N4O2S2/c25-24(26,27)14-31-13-23(30-35(31,32)33)18-6-7-19(23)11-17-9-16(5-4-15(17)10-18)22-29-12-21(34-22)20-3-1-2-8-28-20/h1-5,8-9,12,18-19,30H,6-7,10-11,13-14H2/t18-,19+,23+/m0/s1. The maximum absolute atomic E-state index is 13.1. The summed E-state index contributed by atoms with van der Waals surface area (Å²) in [5.74, 6) is -0.0967. The van der Waals surface area contributed by atoms with Crippen molar-refractivity contribution in [3.05, 3.63) is 59.9 Å². The van der Waals surface area contributed by atoms with Crippen LogP contribution in [0.2, 0.25) is 0 Å². The Bertz CT molecular complexity index is 1380. The van der Waals surface area contributed by atoms with Crippen LogP contribution in [0.25, 0.3) is 21.1 Å². The molecule has 0 amide bonds. The van der Waals surface area contributed by atoms with Crippen molar-refractivity contribution in [3.63, 3.8) is 0 Å². The monoisotopic (exact) mass is 520 g/mol. The molecule has 2 aliphatic carbocycles. The number of thiazole rings is 1. The summed E-state index contributed by atoms with van der Waals surface area (Å²) in [5.41, 5.74) is 3.24. The van der Waals surface area contributed by atoms with E-state index in [9.17, 15) is 21.6 Å². The molecule has 1 saturated heterocycles. The highest BCUT2D eigenvalue weighted by atomic mass is 32.2. The molecule has 1 saturated carbocycles. The highest BCUT2D eigenvalue weighted by Crippen LogP contribution is 2.51. The van der Waals surface area contributed by atoms with E-state index in [-0.39, 0.29) is 18.4 Å². The van der Waals surface area contributed by atoms with Crippen molar-refractivity contribution in [1.29, 1.82) is 0 Å². The Balaban J connectivity index is 1.30. The predicted octanol–water partition coefficient (Wildman–Crippen LogP) is 4.45. The molecule has 1 aromatic carbocycles. The Hall–Kier alpha value is -2.34. The van der Waals surface area contributed by atoms with E-state index >= 15 is 0 Å². The van der Waals surface area contributed by atoms with E-state index < -0.39 is 28.5 Å². The average Bonchev–Trinajstić information content (AvgIpc) is 3.43. The Labute approximate surface area is 205 Å². The van der Waals surface area contributed by atoms with Gasteiger partial charge < -0.3 is 0 Å². The van der Waals surface area contributed by atoms with E-state index in [1.807, 2.05) is 30.5 Å². The fraction of sp³-hybridized carbons (Fsp3) is 0.417. The van der Waals surface area contributed by atoms with Crippen molar-refractivity contribution >= 4 is 21.5 Å². The third-order valence-corrected chi connectivity index (χ3v) is 10.2. The topological polar surface area (TPSA) is 75.2 Å². The number of aromatic nitrogens is 2. The smallest absolute Gasteiger partial charge is 0.255 e. The van der Waals surface area contributed by atoms with E-state index in [4.69, 9.17) is 0 Å². The molecular weight excluding hydrogens is 497 g/mol. The second kappa shape index (κ2) is 8.09. The van der Waals surface area contributed by atoms with Gasteiger partial charge in [0, 0.05) is 24.5 Å². The first-order chi connectivity index (χ1) is 16.6. The summed E-state index contributed by atoms with van der Waals surface area (Å²) in [4.78, 5) is 9.95. The Kier molecular flexibility index (Phi) is 5.33. The van der Waals surface area contributed by atoms with E-state index in [1.165, 1.54) is 0 Å². The van der Waals surface area contributed by atoms with Crippen LogP contribution in [0.4, 0.5) is 13.2 Å². The summed E-state index contributed by atoms with van der Waals surface area (Å²) in [6.45, 7) is -1.59. The molecule has 2 fully saturated rings. The first-order valence-electron chi connectivity index (χ1n) is 11.5.